The molecule has 0 saturated carbocycles. The van der Waals surface area contributed by atoms with E-state index in [9.17, 15) is 5.11 Å². The highest BCUT2D eigenvalue weighted by molar-refractivity contribution is 5.80. The van der Waals surface area contributed by atoms with Crippen molar-refractivity contribution < 1.29 is 5.11 Å². The maximum absolute atomic E-state index is 10.2. The summed E-state index contributed by atoms with van der Waals surface area (Å²) < 4.78 is 0. The molecule has 2 aromatic rings. The molecule has 2 aliphatic rings. The third-order valence-electron chi connectivity index (χ3n) is 5.35. The number of aliphatic hydroxyl groups excluding tert-OH is 1. The molecule has 3 atom stereocenters. The second kappa shape index (κ2) is 5.47. The molecule has 0 bridgehead atoms. The number of fused-ring (bicyclic) bond motifs is 2. The molecule has 21 heavy (non-hydrogen) atoms. The van der Waals surface area contributed by atoms with E-state index in [1.807, 2.05) is 6.20 Å². The Hall–Kier alpha value is -1.32. The zero-order valence-corrected chi connectivity index (χ0v) is 12.5. The van der Waals surface area contributed by atoms with Crippen molar-refractivity contribution in [3.05, 3.63) is 36.0 Å². The Labute approximate surface area is 126 Å². The van der Waals surface area contributed by atoms with Crippen LogP contribution in [0.1, 0.15) is 50.1 Å². The molecule has 3 nitrogen and oxygen atoms in total. The second-order valence-electron chi connectivity index (χ2n) is 6.69. The quantitative estimate of drug-likeness (QED) is 0.839. The van der Waals surface area contributed by atoms with Crippen LogP contribution in [0.2, 0.25) is 0 Å². The summed E-state index contributed by atoms with van der Waals surface area (Å²) in [5.41, 5.74) is 2.64. The Bertz CT molecular complexity index is 620. The average molecular weight is 284 g/mol. The second-order valence-corrected chi connectivity index (χ2v) is 6.69. The van der Waals surface area contributed by atoms with E-state index < -0.39 is 0 Å². The molecule has 112 valence electrons. The van der Waals surface area contributed by atoms with E-state index in [1.165, 1.54) is 42.3 Å². The Morgan fingerprint density at radius 2 is 2.05 bits per heavy atom. The van der Waals surface area contributed by atoms with Gasteiger partial charge in [0.1, 0.15) is 0 Å². The maximum Gasteiger partial charge on any atom is 0.0555 e. The van der Waals surface area contributed by atoms with Crippen LogP contribution in [0.25, 0.3) is 10.9 Å². The van der Waals surface area contributed by atoms with Gasteiger partial charge < -0.3 is 10.1 Å². The minimum Gasteiger partial charge on any atom is -0.393 e. The minimum absolute atomic E-state index is 0.116. The topological polar surface area (TPSA) is 39.3 Å². The molecular weight excluding hydrogens is 260 g/mol. The van der Waals surface area contributed by atoms with E-state index in [4.69, 9.17) is 0 Å². The zero-order chi connectivity index (χ0) is 14.2. The first-order valence-corrected chi connectivity index (χ1v) is 8.32. The van der Waals surface area contributed by atoms with Gasteiger partial charge in [0.2, 0.25) is 0 Å². The first-order valence-electron chi connectivity index (χ1n) is 8.32. The molecule has 0 aliphatic carbocycles. The Morgan fingerprint density at radius 3 is 3.00 bits per heavy atom. The molecule has 3 heteroatoms. The Balaban J connectivity index is 1.69. The molecule has 2 saturated heterocycles. The van der Waals surface area contributed by atoms with Crippen molar-refractivity contribution in [3.63, 3.8) is 0 Å². The lowest BCUT2D eigenvalue weighted by Gasteiger charge is -2.40. The summed E-state index contributed by atoms with van der Waals surface area (Å²) in [5, 5.41) is 11.5. The standard InChI is InChI=1S/C18H24N2O/c21-16-6-7-18(20-10-2-1-3-15(20)12-16)14-5-4-13-8-9-19-17(13)11-14/h4-5,8-9,11,15-16,18-19,21H,1-3,6-7,10,12H2. The van der Waals surface area contributed by atoms with Crippen LogP contribution in [0.5, 0.6) is 0 Å². The van der Waals surface area contributed by atoms with E-state index in [0.29, 0.717) is 12.1 Å². The number of hydrogen-bond acceptors (Lipinski definition) is 2. The van der Waals surface area contributed by atoms with E-state index in [-0.39, 0.29) is 6.10 Å². The number of H-pyrrole nitrogens is 1. The molecule has 2 fully saturated rings. The third-order valence-corrected chi connectivity index (χ3v) is 5.35. The number of nitrogens with zero attached hydrogens (tertiary/aromatic N) is 1. The van der Waals surface area contributed by atoms with Crippen LogP contribution in [0.15, 0.2) is 30.5 Å². The lowest BCUT2D eigenvalue weighted by atomic mass is 9.95. The smallest absolute Gasteiger partial charge is 0.0555 e. The summed E-state index contributed by atoms with van der Waals surface area (Å²) in [4.78, 5) is 6.00. The fourth-order valence-corrected chi connectivity index (χ4v) is 4.27. The number of nitrogens with one attached hydrogen (secondary N) is 1. The van der Waals surface area contributed by atoms with Crippen LogP contribution in [0.3, 0.4) is 0 Å². The van der Waals surface area contributed by atoms with Gasteiger partial charge in [-0.15, -0.1) is 0 Å². The number of hydrogen-bond donors (Lipinski definition) is 2. The summed E-state index contributed by atoms with van der Waals surface area (Å²) in [7, 11) is 0. The van der Waals surface area contributed by atoms with E-state index in [2.05, 4.69) is 34.1 Å². The number of aromatic nitrogens is 1. The largest absolute Gasteiger partial charge is 0.393 e. The molecule has 2 N–H and O–H groups in total. The Morgan fingerprint density at radius 1 is 1.10 bits per heavy atom. The number of benzene rings is 1. The van der Waals surface area contributed by atoms with Crippen LogP contribution < -0.4 is 0 Å². The number of piperidine rings is 1. The third kappa shape index (κ3) is 2.49. The lowest BCUT2D eigenvalue weighted by Crippen LogP contribution is -2.41. The van der Waals surface area contributed by atoms with E-state index in [1.54, 1.807) is 0 Å². The number of aromatic amines is 1. The minimum atomic E-state index is -0.116. The van der Waals surface area contributed by atoms with Gasteiger partial charge in [-0.05, 0) is 61.7 Å². The molecule has 0 radical (unpaired) electrons. The molecule has 3 heterocycles. The van der Waals surface area contributed by atoms with Crippen LogP contribution >= 0.6 is 0 Å². The van der Waals surface area contributed by atoms with Gasteiger partial charge in [-0.3, -0.25) is 4.90 Å². The van der Waals surface area contributed by atoms with Crippen molar-refractivity contribution >= 4 is 10.9 Å². The van der Waals surface area contributed by atoms with E-state index in [0.717, 1.165) is 19.3 Å². The van der Waals surface area contributed by atoms with Gasteiger partial charge >= 0.3 is 0 Å². The van der Waals surface area contributed by atoms with Gasteiger partial charge in [-0.1, -0.05) is 18.6 Å². The predicted molar refractivity (Wildman–Crippen MR) is 85.2 cm³/mol. The molecule has 0 amide bonds. The van der Waals surface area contributed by atoms with Crippen molar-refractivity contribution in [2.75, 3.05) is 6.54 Å². The lowest BCUT2D eigenvalue weighted by molar-refractivity contribution is 0.0787. The van der Waals surface area contributed by atoms with Crippen LogP contribution in [-0.2, 0) is 0 Å². The van der Waals surface area contributed by atoms with Crippen molar-refractivity contribution in [1.29, 1.82) is 0 Å². The van der Waals surface area contributed by atoms with Crippen LogP contribution in [-0.4, -0.2) is 33.7 Å². The predicted octanol–water partition coefficient (Wildman–Crippen LogP) is 3.61. The monoisotopic (exact) mass is 284 g/mol. The summed E-state index contributed by atoms with van der Waals surface area (Å²) in [5.74, 6) is 0. The van der Waals surface area contributed by atoms with Gasteiger partial charge in [-0.2, -0.15) is 0 Å². The van der Waals surface area contributed by atoms with Crippen molar-refractivity contribution in [1.82, 2.24) is 9.88 Å². The molecule has 1 aromatic heterocycles. The highest BCUT2D eigenvalue weighted by Crippen LogP contribution is 2.38. The van der Waals surface area contributed by atoms with Crippen molar-refractivity contribution in [2.24, 2.45) is 0 Å². The van der Waals surface area contributed by atoms with Gasteiger partial charge in [0.05, 0.1) is 6.10 Å². The summed E-state index contributed by atoms with van der Waals surface area (Å²) in [6, 6.07) is 9.98. The molecule has 2 aliphatic heterocycles. The first kappa shape index (κ1) is 13.4. The summed E-state index contributed by atoms with van der Waals surface area (Å²) in [6.45, 7) is 1.19. The van der Waals surface area contributed by atoms with Crippen molar-refractivity contribution in [2.45, 2.75) is 56.7 Å². The molecule has 1 aromatic carbocycles. The normalized spacial score (nSPS) is 31.0. The van der Waals surface area contributed by atoms with Crippen LogP contribution in [0, 0.1) is 0 Å². The zero-order valence-electron chi connectivity index (χ0n) is 12.5. The van der Waals surface area contributed by atoms with Gasteiger partial charge in [0.15, 0.2) is 0 Å². The van der Waals surface area contributed by atoms with Gasteiger partial charge in [0.25, 0.3) is 0 Å². The summed E-state index contributed by atoms with van der Waals surface area (Å²) >= 11 is 0. The molecule has 3 unspecified atom stereocenters. The molecule has 4 rings (SSSR count). The average Bonchev–Trinajstić information content (AvgIpc) is 2.89. The first-order chi connectivity index (χ1) is 10.3. The highest BCUT2D eigenvalue weighted by atomic mass is 16.3. The number of rotatable bonds is 1. The SMILES string of the molecule is OC1CCC(c2ccc3cc[nH]c3c2)N2CCCCC2C1. The fourth-order valence-electron chi connectivity index (χ4n) is 4.27. The molecular formula is C18H24N2O. The van der Waals surface area contributed by atoms with Crippen molar-refractivity contribution in [3.8, 4) is 0 Å². The fraction of sp³-hybridized carbons (Fsp3) is 0.556. The van der Waals surface area contributed by atoms with Gasteiger partial charge in [0, 0.05) is 23.8 Å². The highest BCUT2D eigenvalue weighted by Gasteiger charge is 2.34. The molecule has 0 spiro atoms. The van der Waals surface area contributed by atoms with Gasteiger partial charge in [-0.25, -0.2) is 0 Å². The Kier molecular flexibility index (Phi) is 3.48. The van der Waals surface area contributed by atoms with Crippen LogP contribution in [0.4, 0.5) is 0 Å². The van der Waals surface area contributed by atoms with E-state index >= 15 is 0 Å². The maximum atomic E-state index is 10.2. The summed E-state index contributed by atoms with van der Waals surface area (Å²) in [6.07, 6.45) is 8.72. The number of aliphatic hydroxyl groups is 1.